The van der Waals surface area contributed by atoms with Crippen LogP contribution in [-0.4, -0.2) is 30.5 Å². The number of hydrogen-bond acceptors (Lipinski definition) is 5. The molecule has 118 valence electrons. The van der Waals surface area contributed by atoms with Gasteiger partial charge in [0.1, 0.15) is 10.7 Å². The van der Waals surface area contributed by atoms with E-state index in [1.807, 2.05) is 0 Å². The molecule has 1 aliphatic rings. The van der Waals surface area contributed by atoms with Crippen molar-refractivity contribution in [2.24, 2.45) is 11.8 Å². The minimum absolute atomic E-state index is 0.0806. The third kappa shape index (κ3) is 3.87. The molecular formula is C15H26N4OS. The van der Waals surface area contributed by atoms with E-state index in [1.165, 1.54) is 30.6 Å². The highest BCUT2D eigenvalue weighted by molar-refractivity contribution is 7.18. The average molecular weight is 310 g/mol. The summed E-state index contributed by atoms with van der Waals surface area (Å²) in [7, 11) is 0. The molecular weight excluding hydrogens is 284 g/mol. The van der Waals surface area contributed by atoms with Gasteiger partial charge in [-0.1, -0.05) is 24.7 Å². The van der Waals surface area contributed by atoms with Crippen molar-refractivity contribution in [3.05, 3.63) is 4.88 Å². The molecule has 0 spiro atoms. The van der Waals surface area contributed by atoms with Crippen LogP contribution in [0.15, 0.2) is 0 Å². The third-order valence-electron chi connectivity index (χ3n) is 4.24. The van der Waals surface area contributed by atoms with E-state index in [0.29, 0.717) is 16.6 Å². The Hall–Kier alpha value is -1.30. The number of nitrogens with zero attached hydrogens (tertiary/aromatic N) is 2. The monoisotopic (exact) mass is 310 g/mol. The highest BCUT2D eigenvalue weighted by Crippen LogP contribution is 2.30. The fourth-order valence-electron chi connectivity index (χ4n) is 2.94. The molecule has 2 atom stereocenters. The van der Waals surface area contributed by atoms with E-state index in [4.69, 9.17) is 5.73 Å². The van der Waals surface area contributed by atoms with Crippen LogP contribution < -0.4 is 16.0 Å². The molecule has 0 aliphatic heterocycles. The number of nitrogens with two attached hydrogens (primary N) is 1. The Morgan fingerprint density at radius 1 is 1.43 bits per heavy atom. The Bertz CT molecular complexity index is 484. The molecule has 0 aromatic carbocycles. The minimum atomic E-state index is -0.0806. The van der Waals surface area contributed by atoms with Crippen LogP contribution in [0.3, 0.4) is 0 Å². The smallest absolute Gasteiger partial charge is 0.265 e. The van der Waals surface area contributed by atoms with Gasteiger partial charge in [0.25, 0.3) is 5.91 Å². The molecule has 6 heteroatoms. The van der Waals surface area contributed by atoms with Crippen molar-refractivity contribution in [1.82, 2.24) is 10.3 Å². The van der Waals surface area contributed by atoms with E-state index >= 15 is 0 Å². The molecule has 2 unspecified atom stereocenters. The molecule has 21 heavy (non-hydrogen) atoms. The molecule has 1 aromatic heterocycles. The first kappa shape index (κ1) is 16.1. The number of aromatic nitrogens is 1. The SMILES string of the molecule is CCN(CC)c1nc(N)c(C(=O)NCC2CCC(C)C2)s1. The van der Waals surface area contributed by atoms with Crippen LogP contribution in [0.1, 0.15) is 49.7 Å². The molecule has 1 aliphatic carbocycles. The van der Waals surface area contributed by atoms with Gasteiger partial charge in [0.2, 0.25) is 0 Å². The molecule has 1 heterocycles. The Balaban J connectivity index is 1.95. The highest BCUT2D eigenvalue weighted by atomic mass is 32.1. The van der Waals surface area contributed by atoms with E-state index in [-0.39, 0.29) is 5.91 Å². The van der Waals surface area contributed by atoms with E-state index in [9.17, 15) is 4.79 Å². The lowest BCUT2D eigenvalue weighted by Crippen LogP contribution is -2.28. The second kappa shape index (κ2) is 7.11. The molecule has 0 bridgehead atoms. The zero-order valence-corrected chi connectivity index (χ0v) is 14.0. The van der Waals surface area contributed by atoms with Gasteiger partial charge in [0.05, 0.1) is 0 Å². The zero-order chi connectivity index (χ0) is 15.4. The third-order valence-corrected chi connectivity index (χ3v) is 5.37. The Labute approximate surface area is 130 Å². The normalized spacial score (nSPS) is 21.5. The van der Waals surface area contributed by atoms with Crippen LogP contribution in [0.2, 0.25) is 0 Å². The summed E-state index contributed by atoms with van der Waals surface area (Å²) in [6.07, 6.45) is 3.70. The minimum Gasteiger partial charge on any atom is -0.382 e. The van der Waals surface area contributed by atoms with Gasteiger partial charge in [-0.25, -0.2) is 4.98 Å². The number of anilines is 2. The summed E-state index contributed by atoms with van der Waals surface area (Å²) in [6.45, 7) is 8.90. The van der Waals surface area contributed by atoms with Crippen molar-refractivity contribution in [2.45, 2.75) is 40.0 Å². The van der Waals surface area contributed by atoms with Gasteiger partial charge in [0.15, 0.2) is 5.13 Å². The van der Waals surface area contributed by atoms with Crippen molar-refractivity contribution in [3.63, 3.8) is 0 Å². The lowest BCUT2D eigenvalue weighted by Gasteiger charge is -2.16. The molecule has 0 radical (unpaired) electrons. The Kier molecular flexibility index (Phi) is 5.45. The van der Waals surface area contributed by atoms with Crippen LogP contribution in [0.4, 0.5) is 10.9 Å². The van der Waals surface area contributed by atoms with Crippen molar-refractivity contribution in [1.29, 1.82) is 0 Å². The van der Waals surface area contributed by atoms with Gasteiger partial charge < -0.3 is 16.0 Å². The number of carbonyl (C=O) groups excluding carboxylic acids is 1. The largest absolute Gasteiger partial charge is 0.382 e. The van der Waals surface area contributed by atoms with Crippen LogP contribution in [-0.2, 0) is 0 Å². The number of hydrogen-bond donors (Lipinski definition) is 2. The Morgan fingerprint density at radius 3 is 2.71 bits per heavy atom. The van der Waals surface area contributed by atoms with Crippen molar-refractivity contribution >= 4 is 28.2 Å². The second-order valence-corrected chi connectivity index (χ2v) is 6.85. The second-order valence-electron chi connectivity index (χ2n) is 5.88. The van der Waals surface area contributed by atoms with Gasteiger partial charge in [0, 0.05) is 19.6 Å². The van der Waals surface area contributed by atoms with Crippen LogP contribution in [0.25, 0.3) is 0 Å². The maximum atomic E-state index is 12.3. The molecule has 5 nitrogen and oxygen atoms in total. The summed E-state index contributed by atoms with van der Waals surface area (Å²) in [5.74, 6) is 1.66. The maximum absolute atomic E-state index is 12.3. The predicted molar refractivity (Wildman–Crippen MR) is 88.9 cm³/mol. The van der Waals surface area contributed by atoms with E-state index in [2.05, 4.69) is 36.0 Å². The van der Waals surface area contributed by atoms with Crippen LogP contribution in [0, 0.1) is 11.8 Å². The van der Waals surface area contributed by atoms with Crippen LogP contribution in [0.5, 0.6) is 0 Å². The summed E-state index contributed by atoms with van der Waals surface area (Å²) in [5, 5.41) is 3.85. The van der Waals surface area contributed by atoms with E-state index in [1.54, 1.807) is 0 Å². The number of carbonyl (C=O) groups is 1. The van der Waals surface area contributed by atoms with Crippen molar-refractivity contribution in [3.8, 4) is 0 Å². The summed E-state index contributed by atoms with van der Waals surface area (Å²) < 4.78 is 0. The predicted octanol–water partition coefficient (Wildman–Crippen LogP) is 2.74. The summed E-state index contributed by atoms with van der Waals surface area (Å²) in [4.78, 5) is 19.3. The quantitative estimate of drug-likeness (QED) is 0.847. The standard InChI is InChI=1S/C15H26N4OS/c1-4-19(5-2)15-18-13(16)12(21-15)14(20)17-9-11-7-6-10(3)8-11/h10-11H,4-9,16H2,1-3H3,(H,17,20). The fourth-order valence-corrected chi connectivity index (χ4v) is 3.97. The molecule has 1 fully saturated rings. The zero-order valence-electron chi connectivity index (χ0n) is 13.2. The lowest BCUT2D eigenvalue weighted by atomic mass is 10.1. The van der Waals surface area contributed by atoms with Crippen molar-refractivity contribution in [2.75, 3.05) is 30.3 Å². The number of nitrogen functional groups attached to an aromatic ring is 1. The summed E-state index contributed by atoms with van der Waals surface area (Å²) in [5.41, 5.74) is 5.91. The number of nitrogens with one attached hydrogen (secondary N) is 1. The molecule has 2 rings (SSSR count). The van der Waals surface area contributed by atoms with E-state index < -0.39 is 0 Å². The van der Waals surface area contributed by atoms with Gasteiger partial charge in [-0.15, -0.1) is 0 Å². The molecule has 3 N–H and O–H groups in total. The first-order chi connectivity index (χ1) is 10.0. The average Bonchev–Trinajstić information content (AvgIpc) is 3.04. The van der Waals surface area contributed by atoms with Crippen LogP contribution >= 0.6 is 11.3 Å². The lowest BCUT2D eigenvalue weighted by molar-refractivity contribution is 0.0952. The van der Waals surface area contributed by atoms with E-state index in [0.717, 1.165) is 30.7 Å². The molecule has 1 aromatic rings. The summed E-state index contributed by atoms with van der Waals surface area (Å²) >= 11 is 1.39. The first-order valence-electron chi connectivity index (χ1n) is 7.84. The van der Waals surface area contributed by atoms with Gasteiger partial charge in [-0.05, 0) is 38.5 Å². The van der Waals surface area contributed by atoms with Gasteiger partial charge >= 0.3 is 0 Å². The first-order valence-corrected chi connectivity index (χ1v) is 8.66. The highest BCUT2D eigenvalue weighted by Gasteiger charge is 2.23. The topological polar surface area (TPSA) is 71.2 Å². The molecule has 1 amide bonds. The van der Waals surface area contributed by atoms with Crippen molar-refractivity contribution < 1.29 is 4.79 Å². The number of amides is 1. The number of rotatable bonds is 6. The number of thiazole rings is 1. The fraction of sp³-hybridized carbons (Fsp3) is 0.733. The Morgan fingerprint density at radius 2 is 2.14 bits per heavy atom. The summed E-state index contributed by atoms with van der Waals surface area (Å²) in [6, 6.07) is 0. The van der Waals surface area contributed by atoms with Gasteiger partial charge in [-0.3, -0.25) is 4.79 Å². The molecule has 1 saturated carbocycles. The maximum Gasteiger partial charge on any atom is 0.265 e. The molecule has 0 saturated heterocycles. The van der Waals surface area contributed by atoms with Gasteiger partial charge in [-0.2, -0.15) is 0 Å².